The van der Waals surface area contributed by atoms with Gasteiger partial charge in [-0.3, -0.25) is 29.0 Å². The second-order valence-electron chi connectivity index (χ2n) is 6.49. The molecule has 0 N–H and O–H groups in total. The SMILES string of the molecule is COC(=O)[C@@H]1C[C@H](OS(=O)(=O)c2cccc([N+](=O)[O-])c2)CN1Cc1cccnc1. The lowest BCUT2D eigenvalue weighted by atomic mass is 10.2. The maximum atomic E-state index is 12.6. The molecule has 0 bridgehead atoms. The summed E-state index contributed by atoms with van der Waals surface area (Å²) in [6, 6.07) is 7.56. The van der Waals surface area contributed by atoms with E-state index in [0.29, 0.717) is 6.54 Å². The van der Waals surface area contributed by atoms with Gasteiger partial charge in [0.1, 0.15) is 10.9 Å². The summed E-state index contributed by atoms with van der Waals surface area (Å²) in [5, 5.41) is 10.9. The molecule has 0 spiro atoms. The number of rotatable bonds is 7. The highest BCUT2D eigenvalue weighted by atomic mass is 32.2. The Morgan fingerprint density at radius 2 is 2.14 bits per heavy atom. The monoisotopic (exact) mass is 421 g/mol. The average molecular weight is 421 g/mol. The Balaban J connectivity index is 1.77. The van der Waals surface area contributed by atoms with Gasteiger partial charge in [0, 0.05) is 44.0 Å². The van der Waals surface area contributed by atoms with Gasteiger partial charge in [-0.05, 0) is 17.7 Å². The molecule has 0 aliphatic carbocycles. The van der Waals surface area contributed by atoms with Crippen LogP contribution in [0.15, 0.2) is 53.7 Å². The van der Waals surface area contributed by atoms with Gasteiger partial charge in [0.2, 0.25) is 0 Å². The normalized spacial score (nSPS) is 19.8. The molecular formula is C18H19N3O7S. The van der Waals surface area contributed by atoms with Gasteiger partial charge in [0.25, 0.3) is 15.8 Å². The Bertz CT molecular complexity index is 998. The zero-order valence-corrected chi connectivity index (χ0v) is 16.3. The van der Waals surface area contributed by atoms with Crippen molar-refractivity contribution in [2.45, 2.75) is 30.0 Å². The smallest absolute Gasteiger partial charge is 0.323 e. The maximum Gasteiger partial charge on any atom is 0.323 e. The molecule has 1 saturated heterocycles. The second-order valence-corrected chi connectivity index (χ2v) is 8.06. The number of hydrogen-bond acceptors (Lipinski definition) is 9. The molecule has 1 aromatic carbocycles. The number of likely N-dealkylation sites (tertiary alicyclic amines) is 1. The van der Waals surface area contributed by atoms with Crippen LogP contribution in [0.1, 0.15) is 12.0 Å². The Morgan fingerprint density at radius 1 is 1.34 bits per heavy atom. The topological polar surface area (TPSA) is 129 Å². The van der Waals surface area contributed by atoms with Crippen molar-refractivity contribution in [2.24, 2.45) is 0 Å². The summed E-state index contributed by atoms with van der Waals surface area (Å²) in [4.78, 5) is 27.9. The first-order valence-corrected chi connectivity index (χ1v) is 10.1. The van der Waals surface area contributed by atoms with Gasteiger partial charge in [0.15, 0.2) is 0 Å². The first-order valence-electron chi connectivity index (χ1n) is 8.68. The third-order valence-corrected chi connectivity index (χ3v) is 5.88. The Kier molecular flexibility index (Phi) is 6.20. The van der Waals surface area contributed by atoms with Gasteiger partial charge in [0.05, 0.1) is 18.1 Å². The molecule has 1 aliphatic heterocycles. The predicted molar refractivity (Wildman–Crippen MR) is 100 cm³/mol. The van der Waals surface area contributed by atoms with Gasteiger partial charge >= 0.3 is 5.97 Å². The number of pyridine rings is 1. The summed E-state index contributed by atoms with van der Waals surface area (Å²) < 4.78 is 35.3. The highest BCUT2D eigenvalue weighted by Crippen LogP contribution is 2.27. The molecule has 0 amide bonds. The lowest BCUT2D eigenvalue weighted by Gasteiger charge is -2.21. The molecule has 3 rings (SSSR count). The Morgan fingerprint density at radius 3 is 2.79 bits per heavy atom. The summed E-state index contributed by atoms with van der Waals surface area (Å²) in [5.74, 6) is -0.493. The molecule has 11 heteroatoms. The number of aromatic nitrogens is 1. The van der Waals surface area contributed by atoms with Crippen LogP contribution < -0.4 is 0 Å². The van der Waals surface area contributed by atoms with Crippen molar-refractivity contribution in [2.75, 3.05) is 13.7 Å². The van der Waals surface area contributed by atoms with Crippen molar-refractivity contribution in [1.82, 2.24) is 9.88 Å². The fourth-order valence-corrected chi connectivity index (χ4v) is 4.32. The average Bonchev–Trinajstić information content (AvgIpc) is 3.09. The van der Waals surface area contributed by atoms with Gasteiger partial charge in [-0.25, -0.2) is 0 Å². The van der Waals surface area contributed by atoms with E-state index in [4.69, 9.17) is 8.92 Å². The van der Waals surface area contributed by atoms with Crippen molar-refractivity contribution < 1.29 is 27.1 Å². The number of carbonyl (C=O) groups excluding carboxylic acids is 1. The number of benzene rings is 1. The lowest BCUT2D eigenvalue weighted by Crippen LogP contribution is -2.36. The Labute approximate surface area is 167 Å². The number of nitro groups is 1. The van der Waals surface area contributed by atoms with Crippen LogP contribution in [0.2, 0.25) is 0 Å². The van der Waals surface area contributed by atoms with E-state index in [1.807, 2.05) is 6.07 Å². The van der Waals surface area contributed by atoms with Gasteiger partial charge < -0.3 is 4.74 Å². The third kappa shape index (κ3) is 4.94. The molecule has 2 heterocycles. The number of nitro benzene ring substituents is 1. The number of methoxy groups -OCH3 is 1. The summed E-state index contributed by atoms with van der Waals surface area (Å²) in [6.07, 6.45) is 2.59. The number of non-ortho nitro benzene ring substituents is 1. The molecule has 0 unspecified atom stereocenters. The standard InChI is InChI=1S/C18H19N3O7S/c1-27-18(22)17-9-15(12-20(17)11-13-4-3-7-19-10-13)28-29(25,26)16-6-2-5-14(8-16)21(23)24/h2-8,10,15,17H,9,11-12H2,1H3/t15-,17-/m0/s1. The molecule has 1 fully saturated rings. The summed E-state index contributed by atoms with van der Waals surface area (Å²) in [6.45, 7) is 0.535. The van der Waals surface area contributed by atoms with E-state index in [9.17, 15) is 23.3 Å². The van der Waals surface area contributed by atoms with Crippen molar-refractivity contribution in [3.8, 4) is 0 Å². The summed E-state index contributed by atoms with van der Waals surface area (Å²) in [7, 11) is -2.98. The van der Waals surface area contributed by atoms with E-state index in [1.54, 1.807) is 23.4 Å². The van der Waals surface area contributed by atoms with E-state index in [1.165, 1.54) is 25.3 Å². The number of nitrogens with zero attached hydrogens (tertiary/aromatic N) is 3. The minimum Gasteiger partial charge on any atom is -0.468 e. The minimum absolute atomic E-state index is 0.112. The first-order chi connectivity index (χ1) is 13.8. The van der Waals surface area contributed by atoms with Crippen molar-refractivity contribution in [1.29, 1.82) is 0 Å². The predicted octanol–water partition coefficient (Wildman–Crippen LogP) is 1.51. The maximum absolute atomic E-state index is 12.6. The molecule has 1 aromatic heterocycles. The molecule has 0 saturated carbocycles. The molecule has 154 valence electrons. The highest BCUT2D eigenvalue weighted by Gasteiger charge is 2.40. The lowest BCUT2D eigenvalue weighted by molar-refractivity contribution is -0.385. The van der Waals surface area contributed by atoms with Crippen LogP contribution in [0, 0.1) is 10.1 Å². The third-order valence-electron chi connectivity index (χ3n) is 4.53. The molecule has 10 nitrogen and oxygen atoms in total. The summed E-state index contributed by atoms with van der Waals surface area (Å²) in [5.41, 5.74) is 0.496. The second kappa shape index (κ2) is 8.64. The van der Waals surface area contributed by atoms with Gasteiger partial charge in [-0.2, -0.15) is 8.42 Å². The Hall–Kier alpha value is -2.89. The van der Waals surface area contributed by atoms with Crippen LogP contribution in [0.25, 0.3) is 0 Å². The van der Waals surface area contributed by atoms with Crippen LogP contribution in [-0.2, 0) is 30.4 Å². The van der Waals surface area contributed by atoms with Crippen molar-refractivity contribution in [3.63, 3.8) is 0 Å². The van der Waals surface area contributed by atoms with Crippen LogP contribution in [-0.4, -0.2) is 55.0 Å². The van der Waals surface area contributed by atoms with E-state index < -0.39 is 33.2 Å². The van der Waals surface area contributed by atoms with Crippen molar-refractivity contribution in [3.05, 3.63) is 64.5 Å². The molecule has 1 aliphatic rings. The molecule has 2 aromatic rings. The molecule has 2 atom stereocenters. The van der Waals surface area contributed by atoms with E-state index in [0.717, 1.165) is 11.6 Å². The van der Waals surface area contributed by atoms with E-state index >= 15 is 0 Å². The van der Waals surface area contributed by atoms with E-state index in [-0.39, 0.29) is 23.5 Å². The minimum atomic E-state index is -4.25. The first kappa shape index (κ1) is 20.8. The van der Waals surface area contributed by atoms with Crippen molar-refractivity contribution >= 4 is 21.8 Å². The highest BCUT2D eigenvalue weighted by molar-refractivity contribution is 7.86. The van der Waals surface area contributed by atoms with E-state index in [2.05, 4.69) is 4.98 Å². The van der Waals surface area contributed by atoms with Crippen LogP contribution in [0.4, 0.5) is 5.69 Å². The van der Waals surface area contributed by atoms with Gasteiger partial charge in [-0.1, -0.05) is 12.1 Å². The van der Waals surface area contributed by atoms with Crippen LogP contribution in [0.5, 0.6) is 0 Å². The van der Waals surface area contributed by atoms with Crippen LogP contribution >= 0.6 is 0 Å². The number of esters is 1. The van der Waals surface area contributed by atoms with Gasteiger partial charge in [-0.15, -0.1) is 0 Å². The number of carbonyl (C=O) groups is 1. The fourth-order valence-electron chi connectivity index (χ4n) is 3.20. The molecular weight excluding hydrogens is 402 g/mol. The number of ether oxygens (including phenoxy) is 1. The quantitative estimate of drug-likeness (QED) is 0.283. The molecule has 29 heavy (non-hydrogen) atoms. The fraction of sp³-hybridized carbons (Fsp3) is 0.333. The zero-order chi connectivity index (χ0) is 21.0. The molecule has 0 radical (unpaired) electrons. The largest absolute Gasteiger partial charge is 0.468 e. The van der Waals surface area contributed by atoms with Crippen LogP contribution in [0.3, 0.4) is 0 Å². The zero-order valence-electron chi connectivity index (χ0n) is 15.5. The summed E-state index contributed by atoms with van der Waals surface area (Å²) >= 11 is 0. The number of hydrogen-bond donors (Lipinski definition) is 0.